The average Bonchev–Trinajstić information content (AvgIpc) is 3.29. The normalized spacial score (nSPS) is 16.8. The smallest absolute Gasteiger partial charge is 0.154 e. The quantitative estimate of drug-likeness (QED) is 0.151. The highest BCUT2D eigenvalue weighted by Gasteiger charge is 2.14. The summed E-state index contributed by atoms with van der Waals surface area (Å²) >= 11 is 0. The minimum absolute atomic E-state index is 0.0196. The van der Waals surface area contributed by atoms with E-state index < -0.39 is 0 Å². The Morgan fingerprint density at radius 1 is 0.379 bits per heavy atom. The Labute approximate surface area is 399 Å². The molecule has 1 aliphatic carbocycles. The molecule has 2 aliphatic rings. The van der Waals surface area contributed by atoms with Crippen molar-refractivity contribution < 1.29 is 18.3 Å². The van der Waals surface area contributed by atoms with E-state index in [0.29, 0.717) is 17.0 Å². The third-order valence-electron chi connectivity index (χ3n) is 10.4. The average molecular weight is 905 g/mol. The summed E-state index contributed by atoms with van der Waals surface area (Å²) in [4.78, 5) is 16.1. The number of halogens is 2. The second kappa shape index (κ2) is 33.3. The Hall–Kier alpha value is -5.18. The van der Waals surface area contributed by atoms with E-state index in [1.807, 2.05) is 111 Å². The summed E-state index contributed by atoms with van der Waals surface area (Å²) < 4.78 is 35.5. The molecule has 2 fully saturated rings. The number of hydrogen-bond donors (Lipinski definition) is 0. The van der Waals surface area contributed by atoms with Crippen LogP contribution in [0.1, 0.15) is 121 Å². The van der Waals surface area contributed by atoms with Gasteiger partial charge in [0.25, 0.3) is 0 Å². The molecule has 0 radical (unpaired) electrons. The van der Waals surface area contributed by atoms with E-state index in [9.17, 15) is 8.78 Å². The van der Waals surface area contributed by atoms with Gasteiger partial charge in [0.1, 0.15) is 17.5 Å². The molecule has 1 saturated heterocycles. The van der Waals surface area contributed by atoms with Crippen molar-refractivity contribution in [2.24, 2.45) is 17.8 Å². The van der Waals surface area contributed by atoms with E-state index in [2.05, 4.69) is 91.0 Å². The second-order valence-electron chi connectivity index (χ2n) is 18.1. The summed E-state index contributed by atoms with van der Waals surface area (Å²) in [7, 11) is 0. The number of hydrogen-bond acceptors (Lipinski definition) is 6. The zero-order valence-corrected chi connectivity index (χ0v) is 43.3. The number of aromatic nitrogens is 4. The molecule has 0 atom stereocenters. The largest absolute Gasteiger partial charge is 0.353 e. The molecule has 0 amide bonds. The van der Waals surface area contributed by atoms with Gasteiger partial charge >= 0.3 is 0 Å². The van der Waals surface area contributed by atoms with E-state index in [1.54, 1.807) is 26.0 Å². The molecule has 3 aromatic carbocycles. The summed E-state index contributed by atoms with van der Waals surface area (Å²) in [6.07, 6.45) is 13.3. The van der Waals surface area contributed by atoms with Gasteiger partial charge in [-0.1, -0.05) is 118 Å². The van der Waals surface area contributed by atoms with Gasteiger partial charge in [-0.3, -0.25) is 9.97 Å². The van der Waals surface area contributed by atoms with Crippen molar-refractivity contribution in [3.05, 3.63) is 189 Å². The topological polar surface area (TPSA) is 70.0 Å². The minimum atomic E-state index is -0.116. The zero-order chi connectivity index (χ0) is 49.6. The van der Waals surface area contributed by atoms with Gasteiger partial charge in [-0.05, 0) is 165 Å². The van der Waals surface area contributed by atoms with Crippen molar-refractivity contribution in [3.8, 4) is 0 Å². The maximum absolute atomic E-state index is 12.6. The lowest BCUT2D eigenvalue weighted by Crippen LogP contribution is -2.27. The van der Waals surface area contributed by atoms with Crippen LogP contribution >= 0.6 is 0 Å². The molecule has 0 bridgehead atoms. The molecule has 66 heavy (non-hydrogen) atoms. The van der Waals surface area contributed by atoms with Crippen LogP contribution in [0.5, 0.6) is 0 Å². The molecular formula is C58H82F2N4O2. The van der Waals surface area contributed by atoms with Crippen molar-refractivity contribution in [1.29, 1.82) is 0 Å². The molecule has 1 saturated carbocycles. The Kier molecular flexibility index (Phi) is 29.7. The van der Waals surface area contributed by atoms with Gasteiger partial charge in [-0.25, -0.2) is 18.7 Å². The fourth-order valence-corrected chi connectivity index (χ4v) is 5.70. The van der Waals surface area contributed by atoms with Crippen LogP contribution in [0.4, 0.5) is 8.78 Å². The molecule has 0 unspecified atom stereocenters. The first kappa shape index (κ1) is 58.8. The van der Waals surface area contributed by atoms with E-state index in [1.165, 1.54) is 60.1 Å². The highest BCUT2D eigenvalue weighted by atomic mass is 19.1. The monoisotopic (exact) mass is 905 g/mol. The first-order valence-electron chi connectivity index (χ1n) is 23.4. The molecule has 8 rings (SSSR count). The third-order valence-corrected chi connectivity index (χ3v) is 10.4. The fourth-order valence-electron chi connectivity index (χ4n) is 5.70. The zero-order valence-electron chi connectivity index (χ0n) is 43.3. The Morgan fingerprint density at radius 3 is 0.955 bits per heavy atom. The van der Waals surface area contributed by atoms with Gasteiger partial charge in [0.2, 0.25) is 0 Å². The first-order chi connectivity index (χ1) is 31.1. The Bertz CT molecular complexity index is 1800. The lowest BCUT2D eigenvalue weighted by molar-refractivity contribution is -0.187. The summed E-state index contributed by atoms with van der Waals surface area (Å²) in [5.41, 5.74) is 11.7. The number of rotatable bonds is 0. The molecule has 1 aliphatic heterocycles. The van der Waals surface area contributed by atoms with Crippen molar-refractivity contribution in [2.75, 3.05) is 13.2 Å². The lowest BCUT2D eigenvalue weighted by atomic mass is 9.84. The van der Waals surface area contributed by atoms with Gasteiger partial charge in [0.05, 0.1) is 13.2 Å². The first-order valence-corrected chi connectivity index (χ1v) is 23.4. The number of pyridine rings is 2. The maximum Gasteiger partial charge on any atom is 0.154 e. The summed E-state index contributed by atoms with van der Waals surface area (Å²) in [5, 5.41) is 0. The van der Waals surface area contributed by atoms with Crippen molar-refractivity contribution in [3.63, 3.8) is 0 Å². The number of aryl methyl sites for hydroxylation is 12. The van der Waals surface area contributed by atoms with E-state index in [0.717, 1.165) is 59.0 Å². The molecule has 0 spiro atoms. The number of nitrogens with zero attached hydrogens (tertiary/aromatic N) is 4. The van der Waals surface area contributed by atoms with Gasteiger partial charge in [-0.15, -0.1) is 0 Å². The van der Waals surface area contributed by atoms with E-state index in [4.69, 9.17) is 9.47 Å². The molecule has 6 aromatic rings. The molecule has 4 heterocycles. The van der Waals surface area contributed by atoms with Crippen LogP contribution in [0.3, 0.4) is 0 Å². The van der Waals surface area contributed by atoms with Crippen LogP contribution < -0.4 is 0 Å². The summed E-state index contributed by atoms with van der Waals surface area (Å²) in [5.74, 6) is 3.21. The van der Waals surface area contributed by atoms with Gasteiger partial charge in [0.15, 0.2) is 6.29 Å². The Morgan fingerprint density at radius 2 is 0.697 bits per heavy atom. The second-order valence-corrected chi connectivity index (χ2v) is 18.1. The van der Waals surface area contributed by atoms with Crippen molar-refractivity contribution in [2.45, 2.75) is 143 Å². The molecule has 3 aromatic heterocycles. The van der Waals surface area contributed by atoms with Crippen LogP contribution in [0, 0.1) is 112 Å². The molecule has 8 heteroatoms. The fraction of sp³-hybridized carbons (Fsp3) is 0.448. The molecular weight excluding hydrogens is 823 g/mol. The predicted octanol–water partition coefficient (Wildman–Crippen LogP) is 15.5. The highest BCUT2D eigenvalue weighted by molar-refractivity contribution is 5.23. The van der Waals surface area contributed by atoms with Crippen molar-refractivity contribution >= 4 is 0 Å². The minimum Gasteiger partial charge on any atom is -0.353 e. The van der Waals surface area contributed by atoms with Gasteiger partial charge in [0, 0.05) is 42.1 Å². The standard InChI is InChI=1S/2C8H9F.C8H16.C8H10.2C7H9N.C6H8N2.C6H12O2/c2*1-6-3-4-7(2)8(9)5-6;2*1-7-3-5-8(2)6-4-7;2*1-6-3-4-7(2)8-5-6;2*1-5-3-7-6(2)8-4-5/h2*3-5H,1-2H3;7-8H,3-6H2,1-2H3;3-6H,1-2H3;2*3-5H,1-2H3;3-4H,1-2H3;5-6H,3-4H2,1-2H3. The number of benzene rings is 3. The maximum atomic E-state index is 12.6. The van der Waals surface area contributed by atoms with Crippen LogP contribution in [0.25, 0.3) is 0 Å². The van der Waals surface area contributed by atoms with Gasteiger partial charge < -0.3 is 9.47 Å². The lowest BCUT2D eigenvalue weighted by Gasteiger charge is -2.24. The van der Waals surface area contributed by atoms with Crippen molar-refractivity contribution in [1.82, 2.24) is 19.9 Å². The van der Waals surface area contributed by atoms with E-state index in [-0.39, 0.29) is 17.9 Å². The molecule has 6 nitrogen and oxygen atoms in total. The van der Waals surface area contributed by atoms with E-state index >= 15 is 0 Å². The van der Waals surface area contributed by atoms with Crippen LogP contribution in [-0.4, -0.2) is 39.4 Å². The number of ether oxygens (including phenoxy) is 2. The molecule has 0 N–H and O–H groups in total. The summed E-state index contributed by atoms with van der Waals surface area (Å²) in [6, 6.07) is 27.1. The highest BCUT2D eigenvalue weighted by Crippen LogP contribution is 2.27. The Balaban J connectivity index is 0.000000377. The third kappa shape index (κ3) is 30.1. The van der Waals surface area contributed by atoms with Crippen LogP contribution in [-0.2, 0) is 9.47 Å². The van der Waals surface area contributed by atoms with Gasteiger partial charge in [-0.2, -0.15) is 0 Å². The van der Waals surface area contributed by atoms with Crippen LogP contribution in [0.15, 0.2) is 110 Å². The predicted molar refractivity (Wildman–Crippen MR) is 274 cm³/mol. The summed E-state index contributed by atoms with van der Waals surface area (Å²) in [6.45, 7) is 33.8. The SMILES string of the molecule is CC1CCC(C)CC1.CC1COC(C)OC1.Cc1ccc(C)c(F)c1.Cc1ccc(C)c(F)c1.Cc1ccc(C)cc1.Cc1ccc(C)nc1.Cc1ccc(C)nc1.Cc1cnc(C)nc1. The van der Waals surface area contributed by atoms with Crippen LogP contribution in [0.2, 0.25) is 0 Å². The molecule has 360 valence electrons.